The van der Waals surface area contributed by atoms with Gasteiger partial charge in [-0.2, -0.15) is 0 Å². The molecule has 0 spiro atoms. The van der Waals surface area contributed by atoms with Gasteiger partial charge in [-0.15, -0.1) is 0 Å². The largest absolute Gasteiger partial charge is 0.544 e. The first kappa shape index (κ1) is 27.9. The van der Waals surface area contributed by atoms with Crippen LogP contribution < -0.4 is 5.11 Å². The summed E-state index contributed by atoms with van der Waals surface area (Å²) in [6.45, 7) is 2.93. The topological polar surface area (TPSA) is 77.4 Å². The molecule has 29 heavy (non-hydrogen) atoms. The zero-order valence-corrected chi connectivity index (χ0v) is 19.4. The van der Waals surface area contributed by atoms with E-state index in [1.54, 1.807) is 14.1 Å². The summed E-state index contributed by atoms with van der Waals surface area (Å²) in [5, 5.41) is 20.2. The van der Waals surface area contributed by atoms with Crippen molar-refractivity contribution in [2.24, 2.45) is 0 Å². The van der Waals surface area contributed by atoms with Crippen molar-refractivity contribution in [2.45, 2.75) is 122 Å². The maximum Gasteiger partial charge on any atom is 0.309 e. The number of carbonyl (C=O) groups is 2. The standard InChI is InChI=1S/C24H47NO4/c1-4-5-6-7-8-9-10-11-12-13-14-15-16-17-18-19-20-25(2,3)22(24(28)29)21-23(26)27/h22H,4-21H2,1-3H3,(H-,26,27,28,29). The van der Waals surface area contributed by atoms with Gasteiger partial charge < -0.3 is 19.5 Å². The molecule has 0 aromatic carbocycles. The highest BCUT2D eigenvalue weighted by Crippen LogP contribution is 2.16. The van der Waals surface area contributed by atoms with Gasteiger partial charge in [0.25, 0.3) is 0 Å². The van der Waals surface area contributed by atoms with Crippen LogP contribution in [0.3, 0.4) is 0 Å². The van der Waals surface area contributed by atoms with Crippen molar-refractivity contribution in [1.82, 2.24) is 0 Å². The number of carboxylic acid groups (broad SMARTS) is 2. The third-order valence-corrected chi connectivity index (χ3v) is 6.07. The Morgan fingerprint density at radius 3 is 1.38 bits per heavy atom. The van der Waals surface area contributed by atoms with E-state index in [0.29, 0.717) is 6.54 Å². The van der Waals surface area contributed by atoms with Crippen LogP contribution in [0.2, 0.25) is 0 Å². The molecule has 172 valence electrons. The summed E-state index contributed by atoms with van der Waals surface area (Å²) in [4.78, 5) is 22.1. The van der Waals surface area contributed by atoms with Crippen molar-refractivity contribution in [3.8, 4) is 0 Å². The van der Waals surface area contributed by atoms with E-state index in [2.05, 4.69) is 6.92 Å². The highest BCUT2D eigenvalue weighted by Gasteiger charge is 2.31. The number of quaternary nitrogens is 1. The molecule has 0 saturated carbocycles. The van der Waals surface area contributed by atoms with Crippen molar-refractivity contribution >= 4 is 11.9 Å². The molecule has 1 unspecified atom stereocenters. The number of aliphatic carboxylic acids is 2. The molecule has 0 radical (unpaired) electrons. The van der Waals surface area contributed by atoms with Crippen LogP contribution >= 0.6 is 0 Å². The lowest BCUT2D eigenvalue weighted by molar-refractivity contribution is -0.908. The number of carbonyl (C=O) groups excluding carboxylic acids is 1. The Kier molecular flexibility index (Phi) is 17.1. The normalized spacial score (nSPS) is 12.8. The van der Waals surface area contributed by atoms with E-state index in [0.717, 1.165) is 12.8 Å². The minimum atomic E-state index is -1.27. The summed E-state index contributed by atoms with van der Waals surface area (Å²) in [5.41, 5.74) is 0. The summed E-state index contributed by atoms with van der Waals surface area (Å²) in [5.74, 6) is -2.36. The Bertz CT molecular complexity index is 423. The Morgan fingerprint density at radius 2 is 1.07 bits per heavy atom. The first-order valence-electron chi connectivity index (χ1n) is 12.1. The molecule has 0 bridgehead atoms. The predicted octanol–water partition coefficient (Wildman–Crippen LogP) is 4.92. The third-order valence-electron chi connectivity index (χ3n) is 6.07. The minimum absolute atomic E-state index is 0.174. The molecule has 0 fully saturated rings. The fourth-order valence-corrected chi connectivity index (χ4v) is 4.00. The lowest BCUT2D eigenvalue weighted by Gasteiger charge is -2.38. The fourth-order valence-electron chi connectivity index (χ4n) is 4.00. The molecule has 0 saturated heterocycles. The van der Waals surface area contributed by atoms with E-state index in [-0.39, 0.29) is 10.9 Å². The lowest BCUT2D eigenvalue weighted by atomic mass is 10.0. The lowest BCUT2D eigenvalue weighted by Crippen LogP contribution is -2.58. The molecule has 0 aliphatic carbocycles. The van der Waals surface area contributed by atoms with E-state index in [1.807, 2.05) is 0 Å². The van der Waals surface area contributed by atoms with E-state index in [1.165, 1.54) is 89.9 Å². The maximum atomic E-state index is 11.3. The number of unbranched alkanes of at least 4 members (excludes halogenated alkanes) is 15. The highest BCUT2D eigenvalue weighted by atomic mass is 16.4. The summed E-state index contributed by atoms with van der Waals surface area (Å²) in [6, 6.07) is -0.983. The minimum Gasteiger partial charge on any atom is -0.544 e. The van der Waals surface area contributed by atoms with E-state index in [4.69, 9.17) is 5.11 Å². The molecular weight excluding hydrogens is 366 g/mol. The number of carboxylic acids is 2. The van der Waals surface area contributed by atoms with Gasteiger partial charge in [0.1, 0.15) is 12.5 Å². The van der Waals surface area contributed by atoms with Gasteiger partial charge in [0.05, 0.1) is 26.6 Å². The van der Waals surface area contributed by atoms with Gasteiger partial charge in [-0.1, -0.05) is 96.8 Å². The van der Waals surface area contributed by atoms with Gasteiger partial charge >= 0.3 is 5.97 Å². The molecule has 0 aliphatic rings. The van der Waals surface area contributed by atoms with Crippen molar-refractivity contribution in [1.29, 1.82) is 0 Å². The second-order valence-corrected chi connectivity index (χ2v) is 9.24. The average Bonchev–Trinajstić information content (AvgIpc) is 2.65. The number of hydrogen-bond donors (Lipinski definition) is 1. The number of hydrogen-bond acceptors (Lipinski definition) is 3. The van der Waals surface area contributed by atoms with Crippen LogP contribution in [0, 0.1) is 0 Å². The van der Waals surface area contributed by atoms with Crippen LogP contribution in [0.4, 0.5) is 0 Å². The summed E-state index contributed by atoms with van der Waals surface area (Å²) >= 11 is 0. The van der Waals surface area contributed by atoms with Crippen molar-refractivity contribution in [3.05, 3.63) is 0 Å². The van der Waals surface area contributed by atoms with Gasteiger partial charge in [-0.3, -0.25) is 4.79 Å². The smallest absolute Gasteiger partial charge is 0.309 e. The first-order valence-corrected chi connectivity index (χ1v) is 12.1. The molecule has 5 heteroatoms. The molecule has 0 heterocycles. The molecule has 1 N–H and O–H groups in total. The van der Waals surface area contributed by atoms with Gasteiger partial charge in [0.2, 0.25) is 0 Å². The Labute approximate surface area is 179 Å². The molecule has 0 aliphatic heterocycles. The molecule has 0 aromatic rings. The average molecular weight is 414 g/mol. The van der Waals surface area contributed by atoms with Crippen LogP contribution in [0.5, 0.6) is 0 Å². The Balaban J connectivity index is 3.54. The molecule has 1 atom stereocenters. The molecule has 0 amide bonds. The molecule has 0 aromatic heterocycles. The molecular formula is C24H47NO4. The van der Waals surface area contributed by atoms with Crippen LogP contribution in [-0.2, 0) is 9.59 Å². The monoisotopic (exact) mass is 413 g/mol. The quantitative estimate of drug-likeness (QED) is 0.214. The Morgan fingerprint density at radius 1 is 0.724 bits per heavy atom. The van der Waals surface area contributed by atoms with E-state index in [9.17, 15) is 14.7 Å². The van der Waals surface area contributed by atoms with Crippen LogP contribution in [0.25, 0.3) is 0 Å². The fraction of sp³-hybridized carbons (Fsp3) is 0.917. The molecule has 0 rings (SSSR count). The third kappa shape index (κ3) is 16.4. The maximum absolute atomic E-state index is 11.3. The van der Waals surface area contributed by atoms with Gasteiger partial charge in [0.15, 0.2) is 0 Å². The van der Waals surface area contributed by atoms with Crippen molar-refractivity contribution < 1.29 is 24.3 Å². The predicted molar refractivity (Wildman–Crippen MR) is 118 cm³/mol. The van der Waals surface area contributed by atoms with Gasteiger partial charge in [-0.05, 0) is 12.8 Å². The van der Waals surface area contributed by atoms with Crippen molar-refractivity contribution in [2.75, 3.05) is 20.6 Å². The second-order valence-electron chi connectivity index (χ2n) is 9.24. The SMILES string of the molecule is CCCCCCCCCCCCCCCCCC[N+](C)(C)C(CC(=O)O)C(=O)[O-]. The van der Waals surface area contributed by atoms with Crippen LogP contribution in [0.15, 0.2) is 0 Å². The first-order chi connectivity index (χ1) is 13.8. The zero-order valence-electron chi connectivity index (χ0n) is 19.4. The number of likely N-dealkylation sites (N-methyl/N-ethyl adjacent to an activating group) is 1. The molecule has 5 nitrogen and oxygen atoms in total. The van der Waals surface area contributed by atoms with Crippen LogP contribution in [-0.4, -0.2) is 48.2 Å². The van der Waals surface area contributed by atoms with E-state index >= 15 is 0 Å². The summed E-state index contributed by atoms with van der Waals surface area (Å²) < 4.78 is 0.174. The van der Waals surface area contributed by atoms with Gasteiger partial charge in [-0.25, -0.2) is 0 Å². The second kappa shape index (κ2) is 17.7. The highest BCUT2D eigenvalue weighted by molar-refractivity contribution is 5.78. The zero-order chi connectivity index (χ0) is 22.0. The number of rotatable bonds is 21. The van der Waals surface area contributed by atoms with Crippen LogP contribution in [0.1, 0.15) is 116 Å². The number of nitrogens with zero attached hydrogens (tertiary/aromatic N) is 1. The van der Waals surface area contributed by atoms with Gasteiger partial charge in [0, 0.05) is 0 Å². The van der Waals surface area contributed by atoms with E-state index < -0.39 is 18.0 Å². The summed E-state index contributed by atoms with van der Waals surface area (Å²) in [6.07, 6.45) is 20.5. The summed E-state index contributed by atoms with van der Waals surface area (Å²) in [7, 11) is 3.57. The van der Waals surface area contributed by atoms with Crippen molar-refractivity contribution in [3.63, 3.8) is 0 Å². The Hall–Kier alpha value is -1.10.